The van der Waals surface area contributed by atoms with Gasteiger partial charge in [0.1, 0.15) is 11.4 Å². The number of anilines is 1. The van der Waals surface area contributed by atoms with Crippen molar-refractivity contribution < 1.29 is 14.3 Å². The van der Waals surface area contributed by atoms with Gasteiger partial charge < -0.3 is 15.0 Å². The van der Waals surface area contributed by atoms with Gasteiger partial charge in [0.05, 0.1) is 17.1 Å². The second-order valence-corrected chi connectivity index (χ2v) is 9.90. The molecular weight excluding hydrogens is 430 g/mol. The number of ether oxygens (including phenoxy) is 1. The highest BCUT2D eigenvalue weighted by Gasteiger charge is 2.31. The maximum absolute atomic E-state index is 13.0. The second-order valence-electron chi connectivity index (χ2n) is 9.49. The van der Waals surface area contributed by atoms with Crippen LogP contribution in [0.25, 0.3) is 11.1 Å². The van der Waals surface area contributed by atoms with E-state index in [0.29, 0.717) is 30.4 Å². The van der Waals surface area contributed by atoms with Crippen molar-refractivity contribution in [2.75, 3.05) is 18.4 Å². The predicted molar refractivity (Wildman–Crippen MR) is 123 cm³/mol. The zero-order valence-electron chi connectivity index (χ0n) is 18.9. The average Bonchev–Trinajstić information content (AvgIpc) is 3.18. The van der Waals surface area contributed by atoms with Crippen LogP contribution in [0.5, 0.6) is 0 Å². The van der Waals surface area contributed by atoms with Crippen LogP contribution < -0.4 is 5.32 Å². The molecule has 0 spiro atoms. The quantitative estimate of drug-likeness (QED) is 0.728. The van der Waals surface area contributed by atoms with Gasteiger partial charge in [-0.15, -0.1) is 0 Å². The molecule has 4 rings (SSSR count). The van der Waals surface area contributed by atoms with Crippen molar-refractivity contribution >= 4 is 29.4 Å². The zero-order chi connectivity index (χ0) is 22.9. The molecule has 2 aromatic rings. The number of amides is 2. The SMILES string of the molecule is CC(C)(C)OC(=O)N1CCC[C@@H](C(=O)Nc2cc(-c3cnn4c3CCCC4)c(Cl)cn2)C1. The molecule has 0 saturated carbocycles. The van der Waals surface area contributed by atoms with Crippen molar-refractivity contribution in [3.63, 3.8) is 0 Å². The fraction of sp³-hybridized carbons (Fsp3) is 0.565. The highest BCUT2D eigenvalue weighted by molar-refractivity contribution is 6.33. The Bertz CT molecular complexity index is 1010. The van der Waals surface area contributed by atoms with E-state index in [1.165, 1.54) is 5.69 Å². The number of likely N-dealkylation sites (tertiary alicyclic amines) is 1. The summed E-state index contributed by atoms with van der Waals surface area (Å²) in [6.07, 6.45) is 7.69. The Morgan fingerprint density at radius 3 is 2.75 bits per heavy atom. The minimum absolute atomic E-state index is 0.156. The van der Waals surface area contributed by atoms with E-state index in [2.05, 4.69) is 15.4 Å². The molecule has 172 valence electrons. The molecule has 32 heavy (non-hydrogen) atoms. The van der Waals surface area contributed by atoms with Gasteiger partial charge >= 0.3 is 6.09 Å². The predicted octanol–water partition coefficient (Wildman–Crippen LogP) is 4.52. The van der Waals surface area contributed by atoms with E-state index in [0.717, 1.165) is 43.4 Å². The number of nitrogens with one attached hydrogen (secondary N) is 1. The number of carbonyl (C=O) groups is 2. The molecule has 2 aliphatic heterocycles. The number of hydrogen-bond donors (Lipinski definition) is 1. The number of rotatable bonds is 3. The summed E-state index contributed by atoms with van der Waals surface area (Å²) >= 11 is 6.45. The molecule has 4 heterocycles. The van der Waals surface area contributed by atoms with Gasteiger partial charge in [-0.05, 0) is 58.9 Å². The Morgan fingerprint density at radius 1 is 1.16 bits per heavy atom. The van der Waals surface area contributed by atoms with E-state index in [1.807, 2.05) is 31.6 Å². The van der Waals surface area contributed by atoms with Crippen molar-refractivity contribution in [1.82, 2.24) is 19.7 Å². The molecule has 0 aliphatic carbocycles. The smallest absolute Gasteiger partial charge is 0.410 e. The van der Waals surface area contributed by atoms with Crippen LogP contribution in [0.2, 0.25) is 5.02 Å². The first kappa shape index (κ1) is 22.6. The lowest BCUT2D eigenvalue weighted by Gasteiger charge is -2.33. The Kier molecular flexibility index (Phi) is 6.42. The first-order valence-corrected chi connectivity index (χ1v) is 11.6. The molecule has 1 fully saturated rings. The highest BCUT2D eigenvalue weighted by Crippen LogP contribution is 2.34. The summed E-state index contributed by atoms with van der Waals surface area (Å²) in [6.45, 7) is 7.34. The molecule has 1 N–H and O–H groups in total. The Hall–Kier alpha value is -2.61. The minimum Gasteiger partial charge on any atom is -0.444 e. The average molecular weight is 460 g/mol. The summed E-state index contributed by atoms with van der Waals surface area (Å²) < 4.78 is 7.49. The van der Waals surface area contributed by atoms with Crippen molar-refractivity contribution in [1.29, 1.82) is 0 Å². The van der Waals surface area contributed by atoms with E-state index in [-0.39, 0.29) is 17.9 Å². The molecule has 2 amide bonds. The lowest BCUT2D eigenvalue weighted by molar-refractivity contribution is -0.121. The van der Waals surface area contributed by atoms with E-state index >= 15 is 0 Å². The molecule has 0 unspecified atom stereocenters. The van der Waals surface area contributed by atoms with Gasteiger partial charge in [-0.1, -0.05) is 11.6 Å². The Balaban J connectivity index is 1.46. The Morgan fingerprint density at radius 2 is 1.97 bits per heavy atom. The molecule has 9 heteroatoms. The van der Waals surface area contributed by atoms with Crippen LogP contribution in [-0.2, 0) is 22.5 Å². The maximum Gasteiger partial charge on any atom is 0.410 e. The Labute approximate surface area is 193 Å². The van der Waals surface area contributed by atoms with E-state index in [1.54, 1.807) is 17.2 Å². The van der Waals surface area contributed by atoms with Gasteiger partial charge in [0.25, 0.3) is 0 Å². The molecule has 0 radical (unpaired) electrons. The summed E-state index contributed by atoms with van der Waals surface area (Å²) in [5.74, 6) is -0.0308. The van der Waals surface area contributed by atoms with Crippen LogP contribution in [-0.4, -0.2) is 50.4 Å². The molecule has 8 nitrogen and oxygen atoms in total. The summed E-state index contributed by atoms with van der Waals surface area (Å²) in [6, 6.07) is 1.81. The number of carbonyl (C=O) groups excluding carboxylic acids is 2. The fourth-order valence-corrected chi connectivity index (χ4v) is 4.48. The number of halogens is 1. The van der Waals surface area contributed by atoms with Crippen LogP contribution in [0.1, 0.15) is 52.1 Å². The minimum atomic E-state index is -0.566. The molecule has 0 bridgehead atoms. The third-order valence-corrected chi connectivity index (χ3v) is 6.12. The van der Waals surface area contributed by atoms with Gasteiger partial charge in [-0.3, -0.25) is 9.48 Å². The highest BCUT2D eigenvalue weighted by atomic mass is 35.5. The molecule has 1 saturated heterocycles. The number of piperidine rings is 1. The van der Waals surface area contributed by atoms with Gasteiger partial charge in [0.15, 0.2) is 0 Å². The summed E-state index contributed by atoms with van der Waals surface area (Å²) in [5.41, 5.74) is 2.41. The first-order chi connectivity index (χ1) is 15.2. The van der Waals surface area contributed by atoms with Crippen molar-refractivity contribution in [2.24, 2.45) is 5.92 Å². The zero-order valence-corrected chi connectivity index (χ0v) is 19.6. The van der Waals surface area contributed by atoms with Gasteiger partial charge in [0.2, 0.25) is 5.91 Å². The van der Waals surface area contributed by atoms with Gasteiger partial charge in [-0.2, -0.15) is 5.10 Å². The van der Waals surface area contributed by atoms with E-state index in [4.69, 9.17) is 16.3 Å². The summed E-state index contributed by atoms with van der Waals surface area (Å²) in [4.78, 5) is 31.3. The topological polar surface area (TPSA) is 89.4 Å². The van der Waals surface area contributed by atoms with Crippen molar-refractivity contribution in [3.8, 4) is 11.1 Å². The number of hydrogen-bond acceptors (Lipinski definition) is 5. The normalized spacial score (nSPS) is 18.8. The standard InChI is InChI=1S/C23H30ClN5O3/c1-23(2,3)32-22(31)28-9-6-7-15(14-28)21(30)27-20-11-16(18(24)13-25-20)17-12-26-29-10-5-4-8-19(17)29/h11-13,15H,4-10,14H2,1-3H3,(H,25,27,30)/t15-/m1/s1. The number of fused-ring (bicyclic) bond motifs is 1. The maximum atomic E-state index is 13.0. The largest absolute Gasteiger partial charge is 0.444 e. The van der Waals surface area contributed by atoms with Crippen LogP contribution in [0, 0.1) is 5.92 Å². The van der Waals surface area contributed by atoms with E-state index in [9.17, 15) is 9.59 Å². The third-order valence-electron chi connectivity index (χ3n) is 5.82. The molecule has 1 atom stereocenters. The molecule has 2 aliphatic rings. The monoisotopic (exact) mass is 459 g/mol. The number of nitrogens with zero attached hydrogens (tertiary/aromatic N) is 4. The number of pyridine rings is 1. The van der Waals surface area contributed by atoms with Crippen LogP contribution in [0.4, 0.5) is 10.6 Å². The lowest BCUT2D eigenvalue weighted by atomic mass is 9.97. The van der Waals surface area contributed by atoms with Crippen LogP contribution in [0.3, 0.4) is 0 Å². The van der Waals surface area contributed by atoms with Crippen molar-refractivity contribution in [3.05, 3.63) is 29.2 Å². The first-order valence-electron chi connectivity index (χ1n) is 11.2. The third kappa shape index (κ3) is 5.06. The summed E-state index contributed by atoms with van der Waals surface area (Å²) in [5, 5.41) is 7.93. The van der Waals surface area contributed by atoms with Gasteiger partial charge in [-0.25, -0.2) is 9.78 Å². The number of aryl methyl sites for hydroxylation is 1. The van der Waals surface area contributed by atoms with Gasteiger partial charge in [0, 0.05) is 42.7 Å². The lowest BCUT2D eigenvalue weighted by Crippen LogP contribution is -2.45. The molecular formula is C23H30ClN5O3. The van der Waals surface area contributed by atoms with Crippen molar-refractivity contribution in [2.45, 2.75) is 65.0 Å². The summed E-state index contributed by atoms with van der Waals surface area (Å²) in [7, 11) is 0. The fourth-order valence-electron chi connectivity index (χ4n) is 4.27. The van der Waals surface area contributed by atoms with Crippen LogP contribution >= 0.6 is 11.6 Å². The molecule has 0 aromatic carbocycles. The van der Waals surface area contributed by atoms with Crippen LogP contribution in [0.15, 0.2) is 18.5 Å². The molecule has 2 aromatic heterocycles. The second kappa shape index (κ2) is 9.10. The van der Waals surface area contributed by atoms with E-state index < -0.39 is 5.60 Å². The number of aromatic nitrogens is 3.